The van der Waals surface area contributed by atoms with Crippen molar-refractivity contribution >= 4 is 21.4 Å². The zero-order valence-electron chi connectivity index (χ0n) is 6.48. The van der Waals surface area contributed by atoms with Gasteiger partial charge in [0.15, 0.2) is 4.21 Å². The van der Waals surface area contributed by atoms with Crippen molar-refractivity contribution in [3.05, 3.63) is 11.4 Å². The van der Waals surface area contributed by atoms with Crippen molar-refractivity contribution in [1.29, 1.82) is 0 Å². The molecule has 0 fully saturated rings. The van der Waals surface area contributed by atoms with Gasteiger partial charge in [-0.05, 0) is 11.4 Å². The van der Waals surface area contributed by atoms with Gasteiger partial charge >= 0.3 is 0 Å². The van der Waals surface area contributed by atoms with Crippen molar-refractivity contribution in [2.24, 2.45) is 5.14 Å². The molecule has 0 atom stereocenters. The molecule has 5 N–H and O–H groups in total. The van der Waals surface area contributed by atoms with Gasteiger partial charge in [-0.2, -0.15) is 0 Å². The highest BCUT2D eigenvalue weighted by Crippen LogP contribution is 2.27. The molecule has 1 heterocycles. The summed E-state index contributed by atoms with van der Waals surface area (Å²) in [6.07, 6.45) is 0. The van der Waals surface area contributed by atoms with Gasteiger partial charge in [0.25, 0.3) is 10.0 Å². The van der Waals surface area contributed by atoms with Gasteiger partial charge in [0.05, 0.1) is 7.11 Å². The molecule has 1 aromatic rings. The largest absolute Gasteiger partial charge is 0.494 e. The number of ether oxygens (including phenoxy) is 1. The minimum Gasteiger partial charge on any atom is -0.494 e. The Morgan fingerprint density at radius 1 is 1.58 bits per heavy atom. The lowest BCUT2D eigenvalue weighted by molar-refractivity contribution is 0.406. The predicted molar refractivity (Wildman–Crippen MR) is 47.3 cm³/mol. The van der Waals surface area contributed by atoms with Crippen LogP contribution in [0.4, 0.5) is 0 Å². The lowest BCUT2D eigenvalue weighted by Gasteiger charge is -1.97. The molecule has 12 heavy (non-hydrogen) atoms. The molecule has 0 aromatic carbocycles. The third kappa shape index (κ3) is 2.18. The average Bonchev–Trinajstić information content (AvgIpc) is 2.31. The standard InChI is InChI=1S/C5H7NO3S2.H3N/c1-9-4-2-3-10-5(4)11(6,7)8;/h2-3H,1H3,(H2,6,7,8);1H3. The van der Waals surface area contributed by atoms with Crippen molar-refractivity contribution in [3.63, 3.8) is 0 Å². The SMILES string of the molecule is COc1ccsc1S(N)(=O)=O.N. The molecule has 0 bridgehead atoms. The van der Waals surface area contributed by atoms with Crippen LogP contribution in [0.25, 0.3) is 0 Å². The van der Waals surface area contributed by atoms with Crippen LogP contribution in [0.3, 0.4) is 0 Å². The number of methoxy groups -OCH3 is 1. The Morgan fingerprint density at radius 2 is 2.17 bits per heavy atom. The molecule has 1 aromatic heterocycles. The van der Waals surface area contributed by atoms with E-state index >= 15 is 0 Å². The summed E-state index contributed by atoms with van der Waals surface area (Å²) in [6, 6.07) is 1.56. The molecule has 1 rings (SSSR count). The summed E-state index contributed by atoms with van der Waals surface area (Å²) in [5.41, 5.74) is 0. The molecule has 0 saturated carbocycles. The quantitative estimate of drug-likeness (QED) is 0.744. The summed E-state index contributed by atoms with van der Waals surface area (Å²) < 4.78 is 26.4. The predicted octanol–water partition coefficient (Wildman–Crippen LogP) is 0.566. The van der Waals surface area contributed by atoms with Gasteiger partial charge in [0, 0.05) is 0 Å². The number of nitrogens with two attached hydrogens (primary N) is 1. The molecule has 0 radical (unpaired) electrons. The Kier molecular flexibility index (Phi) is 3.65. The monoisotopic (exact) mass is 210 g/mol. The number of primary sulfonamides is 1. The summed E-state index contributed by atoms with van der Waals surface area (Å²) in [5.74, 6) is 0.303. The van der Waals surface area contributed by atoms with E-state index in [9.17, 15) is 8.42 Å². The first-order chi connectivity index (χ1) is 5.05. The van der Waals surface area contributed by atoms with Crippen LogP contribution >= 0.6 is 11.3 Å². The average molecular weight is 210 g/mol. The summed E-state index contributed by atoms with van der Waals surface area (Å²) in [5, 5.41) is 6.49. The molecule has 0 aliphatic carbocycles. The van der Waals surface area contributed by atoms with Crippen LogP contribution in [0.1, 0.15) is 0 Å². The van der Waals surface area contributed by atoms with Crippen LogP contribution in [0.15, 0.2) is 15.7 Å². The smallest absolute Gasteiger partial charge is 0.251 e. The second-order valence-electron chi connectivity index (χ2n) is 1.82. The topological polar surface area (TPSA) is 104 Å². The summed E-state index contributed by atoms with van der Waals surface area (Å²) >= 11 is 1.04. The van der Waals surface area contributed by atoms with Crippen molar-refractivity contribution in [3.8, 4) is 5.75 Å². The number of hydrogen-bond acceptors (Lipinski definition) is 5. The van der Waals surface area contributed by atoms with Crippen molar-refractivity contribution in [1.82, 2.24) is 6.15 Å². The highest BCUT2D eigenvalue weighted by molar-refractivity contribution is 7.91. The van der Waals surface area contributed by atoms with E-state index in [4.69, 9.17) is 9.88 Å². The Morgan fingerprint density at radius 3 is 2.50 bits per heavy atom. The maximum Gasteiger partial charge on any atom is 0.251 e. The second kappa shape index (κ2) is 3.85. The zero-order chi connectivity index (χ0) is 8.48. The Balaban J connectivity index is 0.00000121. The Labute approximate surface area is 74.8 Å². The summed E-state index contributed by atoms with van der Waals surface area (Å²) in [7, 11) is -2.21. The van der Waals surface area contributed by atoms with E-state index in [0.717, 1.165) is 11.3 Å². The van der Waals surface area contributed by atoms with Crippen LogP contribution in [0.2, 0.25) is 0 Å². The third-order valence-corrected chi connectivity index (χ3v) is 3.47. The molecule has 70 valence electrons. The fourth-order valence-electron chi connectivity index (χ4n) is 0.642. The number of hydrogen-bond donors (Lipinski definition) is 2. The van der Waals surface area contributed by atoms with Crippen LogP contribution in [-0.2, 0) is 10.0 Å². The van der Waals surface area contributed by atoms with Crippen LogP contribution in [-0.4, -0.2) is 15.5 Å². The van der Waals surface area contributed by atoms with Crippen molar-refractivity contribution in [2.75, 3.05) is 7.11 Å². The van der Waals surface area contributed by atoms with Crippen molar-refractivity contribution < 1.29 is 13.2 Å². The van der Waals surface area contributed by atoms with Gasteiger partial charge in [0.1, 0.15) is 5.75 Å². The van der Waals surface area contributed by atoms with E-state index in [-0.39, 0.29) is 10.4 Å². The van der Waals surface area contributed by atoms with E-state index < -0.39 is 10.0 Å². The normalized spacial score (nSPS) is 10.5. The van der Waals surface area contributed by atoms with E-state index in [1.165, 1.54) is 7.11 Å². The van der Waals surface area contributed by atoms with Gasteiger partial charge in [-0.25, -0.2) is 13.6 Å². The fourth-order valence-corrected chi connectivity index (χ4v) is 2.36. The molecule has 0 aliphatic rings. The first kappa shape index (κ1) is 11.4. The Hall–Kier alpha value is -0.630. The van der Waals surface area contributed by atoms with E-state index in [0.29, 0.717) is 5.75 Å². The molecule has 0 spiro atoms. The first-order valence-corrected chi connectivity index (χ1v) is 5.12. The molecular weight excluding hydrogens is 200 g/mol. The maximum atomic E-state index is 10.8. The highest BCUT2D eigenvalue weighted by Gasteiger charge is 2.15. The van der Waals surface area contributed by atoms with Gasteiger partial charge in [-0.1, -0.05) is 0 Å². The van der Waals surface area contributed by atoms with E-state index in [1.54, 1.807) is 11.4 Å². The molecule has 0 saturated heterocycles. The molecular formula is C5H10N2O3S2. The van der Waals surface area contributed by atoms with Crippen LogP contribution < -0.4 is 16.0 Å². The minimum atomic E-state index is -3.61. The van der Waals surface area contributed by atoms with E-state index in [1.807, 2.05) is 0 Å². The molecule has 0 amide bonds. The molecule has 5 nitrogen and oxygen atoms in total. The zero-order valence-corrected chi connectivity index (χ0v) is 8.11. The van der Waals surface area contributed by atoms with Gasteiger partial charge in [-0.15, -0.1) is 11.3 Å². The summed E-state index contributed by atoms with van der Waals surface area (Å²) in [6.45, 7) is 0. The van der Waals surface area contributed by atoms with Gasteiger partial charge < -0.3 is 10.9 Å². The van der Waals surface area contributed by atoms with Crippen molar-refractivity contribution in [2.45, 2.75) is 4.21 Å². The summed E-state index contributed by atoms with van der Waals surface area (Å²) in [4.78, 5) is 0. The lowest BCUT2D eigenvalue weighted by Crippen LogP contribution is -2.11. The fraction of sp³-hybridized carbons (Fsp3) is 0.200. The number of thiophene rings is 1. The Bertz CT molecular complexity index is 343. The third-order valence-electron chi connectivity index (χ3n) is 1.07. The second-order valence-corrected chi connectivity index (χ2v) is 4.49. The lowest BCUT2D eigenvalue weighted by atomic mass is 10.6. The van der Waals surface area contributed by atoms with Crippen LogP contribution in [0.5, 0.6) is 5.75 Å². The number of sulfonamides is 1. The number of rotatable bonds is 2. The minimum absolute atomic E-state index is 0. The van der Waals surface area contributed by atoms with E-state index in [2.05, 4.69) is 0 Å². The highest BCUT2D eigenvalue weighted by atomic mass is 32.2. The van der Waals surface area contributed by atoms with Gasteiger partial charge in [-0.3, -0.25) is 0 Å². The molecule has 0 unspecified atom stereocenters. The van der Waals surface area contributed by atoms with Crippen LogP contribution in [0, 0.1) is 0 Å². The molecule has 7 heteroatoms. The first-order valence-electron chi connectivity index (χ1n) is 2.70. The maximum absolute atomic E-state index is 10.8. The molecule has 0 aliphatic heterocycles. The van der Waals surface area contributed by atoms with Gasteiger partial charge in [0.2, 0.25) is 0 Å².